The van der Waals surface area contributed by atoms with Crippen LogP contribution >= 0.6 is 0 Å². The molecular formula is C16H19FN2. The number of nitriles is 1. The second-order valence-corrected chi connectivity index (χ2v) is 5.92. The van der Waals surface area contributed by atoms with E-state index in [1.807, 2.05) is 6.07 Å². The SMILES string of the molecule is CC1CN(c2ccc(C#N)cc2F)C2CCCCC12. The number of hydrogen-bond acceptors (Lipinski definition) is 2. The van der Waals surface area contributed by atoms with Crippen LogP contribution in [0.15, 0.2) is 18.2 Å². The summed E-state index contributed by atoms with van der Waals surface area (Å²) >= 11 is 0. The van der Waals surface area contributed by atoms with Crippen LogP contribution < -0.4 is 4.90 Å². The van der Waals surface area contributed by atoms with Crippen LogP contribution in [-0.4, -0.2) is 12.6 Å². The van der Waals surface area contributed by atoms with Gasteiger partial charge in [0.25, 0.3) is 0 Å². The summed E-state index contributed by atoms with van der Waals surface area (Å²) in [5.41, 5.74) is 1.08. The molecule has 0 aromatic heterocycles. The molecule has 0 bridgehead atoms. The maximum absolute atomic E-state index is 14.2. The lowest BCUT2D eigenvalue weighted by Crippen LogP contribution is -2.35. The molecule has 0 amide bonds. The maximum atomic E-state index is 14.2. The lowest BCUT2D eigenvalue weighted by molar-refractivity contribution is 0.293. The second kappa shape index (κ2) is 4.85. The lowest BCUT2D eigenvalue weighted by atomic mass is 9.80. The Hall–Kier alpha value is -1.56. The highest BCUT2D eigenvalue weighted by molar-refractivity contribution is 5.53. The van der Waals surface area contributed by atoms with E-state index in [0.29, 0.717) is 29.1 Å². The molecule has 19 heavy (non-hydrogen) atoms. The highest BCUT2D eigenvalue weighted by Crippen LogP contribution is 2.42. The molecule has 100 valence electrons. The first-order valence-corrected chi connectivity index (χ1v) is 7.17. The van der Waals surface area contributed by atoms with Gasteiger partial charge in [0.05, 0.1) is 17.3 Å². The van der Waals surface area contributed by atoms with Crippen molar-refractivity contribution in [2.24, 2.45) is 11.8 Å². The van der Waals surface area contributed by atoms with Crippen LogP contribution in [0, 0.1) is 29.0 Å². The van der Waals surface area contributed by atoms with Crippen molar-refractivity contribution in [2.45, 2.75) is 38.6 Å². The average molecular weight is 258 g/mol. The van der Waals surface area contributed by atoms with Crippen molar-refractivity contribution in [3.8, 4) is 6.07 Å². The highest BCUT2D eigenvalue weighted by atomic mass is 19.1. The van der Waals surface area contributed by atoms with Gasteiger partial charge in [-0.3, -0.25) is 0 Å². The zero-order chi connectivity index (χ0) is 13.4. The smallest absolute Gasteiger partial charge is 0.147 e. The summed E-state index contributed by atoms with van der Waals surface area (Å²) in [7, 11) is 0. The van der Waals surface area contributed by atoms with E-state index in [1.165, 1.54) is 31.7 Å². The van der Waals surface area contributed by atoms with Crippen molar-refractivity contribution in [1.29, 1.82) is 5.26 Å². The van der Waals surface area contributed by atoms with Crippen molar-refractivity contribution in [1.82, 2.24) is 0 Å². The van der Waals surface area contributed by atoms with E-state index in [-0.39, 0.29) is 5.82 Å². The normalized spacial score (nSPS) is 29.9. The Kier molecular flexibility index (Phi) is 3.18. The van der Waals surface area contributed by atoms with Gasteiger partial charge in [-0.1, -0.05) is 19.8 Å². The van der Waals surface area contributed by atoms with Crippen molar-refractivity contribution in [2.75, 3.05) is 11.4 Å². The average Bonchev–Trinajstić information content (AvgIpc) is 2.76. The van der Waals surface area contributed by atoms with E-state index < -0.39 is 0 Å². The Labute approximate surface area is 113 Å². The molecule has 2 fully saturated rings. The Bertz CT molecular complexity index is 520. The van der Waals surface area contributed by atoms with Crippen LogP contribution in [0.25, 0.3) is 0 Å². The molecule has 3 heteroatoms. The van der Waals surface area contributed by atoms with Gasteiger partial charge in [-0.2, -0.15) is 5.26 Å². The number of benzene rings is 1. The minimum atomic E-state index is -0.252. The van der Waals surface area contributed by atoms with Gasteiger partial charge in [0.1, 0.15) is 5.82 Å². The zero-order valence-corrected chi connectivity index (χ0v) is 11.3. The Morgan fingerprint density at radius 3 is 2.84 bits per heavy atom. The fraction of sp³-hybridized carbons (Fsp3) is 0.562. The van der Waals surface area contributed by atoms with E-state index >= 15 is 0 Å². The molecule has 1 saturated heterocycles. The number of anilines is 1. The van der Waals surface area contributed by atoms with Gasteiger partial charge in [-0.15, -0.1) is 0 Å². The van der Waals surface area contributed by atoms with Crippen molar-refractivity contribution < 1.29 is 4.39 Å². The number of hydrogen-bond donors (Lipinski definition) is 0. The third kappa shape index (κ3) is 2.10. The molecule has 0 radical (unpaired) electrons. The predicted molar refractivity (Wildman–Crippen MR) is 73.4 cm³/mol. The second-order valence-electron chi connectivity index (χ2n) is 5.92. The molecule has 1 aromatic carbocycles. The molecular weight excluding hydrogens is 239 g/mol. The van der Waals surface area contributed by atoms with Gasteiger partial charge < -0.3 is 4.90 Å². The number of nitrogens with zero attached hydrogens (tertiary/aromatic N) is 2. The molecule has 1 heterocycles. The molecule has 1 aliphatic carbocycles. The van der Waals surface area contributed by atoms with E-state index in [4.69, 9.17) is 5.26 Å². The van der Waals surface area contributed by atoms with Gasteiger partial charge in [0, 0.05) is 12.6 Å². The van der Waals surface area contributed by atoms with Crippen LogP contribution in [0.1, 0.15) is 38.2 Å². The monoisotopic (exact) mass is 258 g/mol. The minimum absolute atomic E-state index is 0.252. The summed E-state index contributed by atoms with van der Waals surface area (Å²) in [4.78, 5) is 2.24. The molecule has 1 aromatic rings. The molecule has 1 aliphatic heterocycles. The summed E-state index contributed by atoms with van der Waals surface area (Å²) in [6.45, 7) is 3.22. The summed E-state index contributed by atoms with van der Waals surface area (Å²) in [6, 6.07) is 7.34. The van der Waals surface area contributed by atoms with Crippen molar-refractivity contribution in [3.63, 3.8) is 0 Å². The first-order valence-electron chi connectivity index (χ1n) is 7.17. The summed E-state index contributed by atoms with van der Waals surface area (Å²) < 4.78 is 14.2. The summed E-state index contributed by atoms with van der Waals surface area (Å²) in [5, 5.41) is 8.82. The minimum Gasteiger partial charge on any atom is -0.366 e. The van der Waals surface area contributed by atoms with Crippen LogP contribution in [0.5, 0.6) is 0 Å². The number of halogens is 1. The molecule has 2 aliphatic rings. The Balaban J connectivity index is 1.92. The Morgan fingerprint density at radius 2 is 2.11 bits per heavy atom. The molecule has 1 saturated carbocycles. The molecule has 3 rings (SSSR count). The van der Waals surface area contributed by atoms with Gasteiger partial charge in [-0.25, -0.2) is 4.39 Å². The van der Waals surface area contributed by atoms with Crippen LogP contribution in [-0.2, 0) is 0 Å². The lowest BCUT2D eigenvalue weighted by Gasteiger charge is -2.33. The quantitative estimate of drug-likeness (QED) is 0.767. The fourth-order valence-electron chi connectivity index (χ4n) is 3.86. The van der Waals surface area contributed by atoms with Crippen LogP contribution in [0.3, 0.4) is 0 Å². The van der Waals surface area contributed by atoms with Gasteiger partial charge >= 0.3 is 0 Å². The molecule has 0 N–H and O–H groups in total. The van der Waals surface area contributed by atoms with Crippen molar-refractivity contribution >= 4 is 5.69 Å². The maximum Gasteiger partial charge on any atom is 0.147 e. The topological polar surface area (TPSA) is 27.0 Å². The van der Waals surface area contributed by atoms with E-state index in [1.54, 1.807) is 12.1 Å². The summed E-state index contributed by atoms with van der Waals surface area (Å²) in [5.74, 6) is 1.10. The highest BCUT2D eigenvalue weighted by Gasteiger charge is 2.41. The van der Waals surface area contributed by atoms with E-state index in [9.17, 15) is 4.39 Å². The molecule has 3 unspecified atom stereocenters. The van der Waals surface area contributed by atoms with Crippen molar-refractivity contribution in [3.05, 3.63) is 29.6 Å². The van der Waals surface area contributed by atoms with E-state index in [0.717, 1.165) is 6.54 Å². The number of rotatable bonds is 1. The van der Waals surface area contributed by atoms with Crippen LogP contribution in [0.2, 0.25) is 0 Å². The van der Waals surface area contributed by atoms with E-state index in [2.05, 4.69) is 11.8 Å². The predicted octanol–water partition coefficient (Wildman–Crippen LogP) is 3.71. The van der Waals surface area contributed by atoms with Crippen LogP contribution in [0.4, 0.5) is 10.1 Å². The standard InChI is InChI=1S/C16H19FN2/c1-11-10-19(15-5-3-2-4-13(11)15)16-7-6-12(9-18)8-14(16)17/h6-8,11,13,15H,2-5,10H2,1H3. The molecule has 3 atom stereocenters. The van der Waals surface area contributed by atoms with Gasteiger partial charge in [-0.05, 0) is 42.9 Å². The first kappa shape index (κ1) is 12.5. The Morgan fingerprint density at radius 1 is 1.32 bits per heavy atom. The zero-order valence-electron chi connectivity index (χ0n) is 11.3. The third-order valence-electron chi connectivity index (χ3n) is 4.78. The summed E-state index contributed by atoms with van der Waals surface area (Å²) in [6.07, 6.45) is 5.02. The van der Waals surface area contributed by atoms with Gasteiger partial charge in [0.2, 0.25) is 0 Å². The number of fused-ring (bicyclic) bond motifs is 1. The fourth-order valence-corrected chi connectivity index (χ4v) is 3.86. The largest absolute Gasteiger partial charge is 0.366 e. The third-order valence-corrected chi connectivity index (χ3v) is 4.78. The van der Waals surface area contributed by atoms with Gasteiger partial charge in [0.15, 0.2) is 0 Å². The molecule has 2 nitrogen and oxygen atoms in total. The first-order chi connectivity index (χ1) is 9.20. The molecule has 0 spiro atoms.